The molecule has 12 heteroatoms. The fourth-order valence-electron chi connectivity index (χ4n) is 0. The molecule has 0 aliphatic heterocycles. The standard InChI is InChI=1S/3C2H5Cl2P.2ClH.Ru/c3*3-2(4)1-5;;;/h3*2H,1,5H2;2*1H;/q;;;;;+2/p-2. The van der Waals surface area contributed by atoms with E-state index in [0.717, 1.165) is 18.5 Å². The van der Waals surface area contributed by atoms with Gasteiger partial charge in [0.1, 0.15) is 14.5 Å². The zero-order valence-corrected chi connectivity index (χ0v) is 20.2. The van der Waals surface area contributed by atoms with Crippen molar-refractivity contribution < 1.29 is 15.1 Å². The topological polar surface area (TPSA) is 0 Å². The van der Waals surface area contributed by atoms with Gasteiger partial charge in [-0.25, -0.2) is 0 Å². The third-order valence-corrected chi connectivity index (χ3v) is 4.81. The Morgan fingerprint density at radius 3 is 0.667 bits per heavy atom. The van der Waals surface area contributed by atoms with Crippen LogP contribution in [0.4, 0.5) is 0 Å². The van der Waals surface area contributed by atoms with Crippen LogP contribution in [0.25, 0.3) is 0 Å². The molecular weight excluding hydrogens is 550 g/mol. The summed E-state index contributed by atoms with van der Waals surface area (Å²) in [5.41, 5.74) is 0. The summed E-state index contributed by atoms with van der Waals surface area (Å²) in [6.45, 7) is 0. The predicted molar refractivity (Wildman–Crippen MR) is 102 cm³/mol. The van der Waals surface area contributed by atoms with Crippen LogP contribution in [-0.2, 0) is 15.1 Å². The first-order valence-electron chi connectivity index (χ1n) is 4.03. The maximum atomic E-state index is 5.21. The van der Waals surface area contributed by atoms with Crippen LogP contribution in [0.1, 0.15) is 0 Å². The van der Waals surface area contributed by atoms with Crippen LogP contribution in [0.5, 0.6) is 0 Å². The van der Waals surface area contributed by atoms with Gasteiger partial charge in [0.25, 0.3) is 0 Å². The van der Waals surface area contributed by atoms with E-state index < -0.39 is 0 Å². The number of rotatable bonds is 3. The fraction of sp³-hybridized carbons (Fsp3) is 1.00. The zero-order valence-electron chi connectivity index (χ0n) is 8.96. The van der Waals surface area contributed by atoms with Crippen molar-refractivity contribution in [1.82, 2.24) is 0 Å². The van der Waals surface area contributed by atoms with Crippen LogP contribution >= 0.6 is 117 Å². The minimum atomic E-state index is -0.346. The molecule has 3 unspecified atom stereocenters. The van der Waals surface area contributed by atoms with Gasteiger partial charge >= 0.3 is 34.5 Å². The zero-order chi connectivity index (χ0) is 15.6. The fourth-order valence-corrected chi connectivity index (χ4v) is 0. The number of hydrogen-bond acceptors (Lipinski definition) is 0. The minimum absolute atomic E-state index is 0.208. The van der Waals surface area contributed by atoms with E-state index in [1.165, 1.54) is 0 Å². The Kier molecular flexibility index (Phi) is 49.0. The molecule has 0 spiro atoms. The van der Waals surface area contributed by atoms with Crippen LogP contribution in [0.3, 0.4) is 0 Å². The summed E-state index contributed by atoms with van der Waals surface area (Å²) in [5, 5.41) is 0. The van der Waals surface area contributed by atoms with Crippen LogP contribution < -0.4 is 0 Å². The molecule has 0 nitrogen and oxygen atoms in total. The van der Waals surface area contributed by atoms with Gasteiger partial charge in [-0.15, -0.1) is 97.3 Å². The predicted octanol–water partition coefficient (Wildman–Crippen LogP) is 6.37. The molecular formula is C6H15Cl8P3Ru. The van der Waals surface area contributed by atoms with Crippen LogP contribution in [-0.4, -0.2) is 33.0 Å². The summed E-state index contributed by atoms with van der Waals surface area (Å²) < 4.78 is 0. The van der Waals surface area contributed by atoms with Gasteiger partial charge in [0.15, 0.2) is 0 Å². The molecule has 0 rings (SSSR count). The summed E-state index contributed by atoms with van der Waals surface area (Å²) in [6, 6.07) is 0. The molecule has 0 aromatic rings. The van der Waals surface area contributed by atoms with E-state index in [4.69, 9.17) is 89.0 Å². The Balaban J connectivity index is -0.0000000739. The summed E-state index contributed by atoms with van der Waals surface area (Å²) >= 11 is 30.9. The molecule has 0 aromatic carbocycles. The van der Waals surface area contributed by atoms with Gasteiger partial charge < -0.3 is 0 Å². The molecule has 118 valence electrons. The van der Waals surface area contributed by atoms with Gasteiger partial charge in [-0.05, 0) is 18.5 Å². The Morgan fingerprint density at radius 1 is 0.611 bits per heavy atom. The van der Waals surface area contributed by atoms with Gasteiger partial charge in [0, 0.05) is 0 Å². The van der Waals surface area contributed by atoms with E-state index in [1.807, 2.05) is 0 Å². The second-order valence-electron chi connectivity index (χ2n) is 1.93. The Hall–Kier alpha value is 4.23. The Bertz CT molecular complexity index is 102. The van der Waals surface area contributed by atoms with Gasteiger partial charge in [0.05, 0.1) is 0 Å². The van der Waals surface area contributed by atoms with Crippen LogP contribution in [0, 0.1) is 0 Å². The second-order valence-corrected chi connectivity index (χ2v) is 9.81. The van der Waals surface area contributed by atoms with Crippen molar-refractivity contribution in [2.24, 2.45) is 0 Å². The molecule has 0 bridgehead atoms. The third-order valence-electron chi connectivity index (χ3n) is 0.535. The van der Waals surface area contributed by atoms with Crippen molar-refractivity contribution in [3.05, 3.63) is 0 Å². The first-order chi connectivity index (χ1) is 8.22. The average Bonchev–Trinajstić information content (AvgIpc) is 2.31. The Morgan fingerprint density at radius 2 is 0.667 bits per heavy atom. The SMILES string of the molecule is PCC(Cl)Cl.PCC(Cl)Cl.PCC(Cl)Cl.[Cl][Ru][Cl]. The molecule has 0 aliphatic carbocycles. The van der Waals surface area contributed by atoms with Crippen molar-refractivity contribution in [3.8, 4) is 0 Å². The van der Waals surface area contributed by atoms with Gasteiger partial charge in [-0.3, -0.25) is 0 Å². The van der Waals surface area contributed by atoms with Crippen molar-refractivity contribution in [3.63, 3.8) is 0 Å². The van der Waals surface area contributed by atoms with Gasteiger partial charge in [-0.2, -0.15) is 0 Å². The van der Waals surface area contributed by atoms with E-state index in [0.29, 0.717) is 0 Å². The molecule has 0 amide bonds. The number of halogens is 8. The number of hydrogen-bond donors (Lipinski definition) is 0. The van der Waals surface area contributed by atoms with E-state index >= 15 is 0 Å². The van der Waals surface area contributed by atoms with E-state index in [1.54, 1.807) is 0 Å². The molecule has 0 saturated carbocycles. The summed E-state index contributed by atoms with van der Waals surface area (Å²) in [4.78, 5) is -0.625. The second kappa shape index (κ2) is 29.3. The van der Waals surface area contributed by atoms with Crippen molar-refractivity contribution >= 4 is 117 Å². The molecule has 18 heavy (non-hydrogen) atoms. The first-order valence-corrected chi connectivity index (χ1v) is 13.6. The molecule has 0 fully saturated rings. The van der Waals surface area contributed by atoms with Crippen molar-refractivity contribution in [2.75, 3.05) is 18.5 Å². The van der Waals surface area contributed by atoms with E-state index in [9.17, 15) is 0 Å². The van der Waals surface area contributed by atoms with Crippen molar-refractivity contribution in [2.45, 2.75) is 14.5 Å². The summed E-state index contributed by atoms with van der Waals surface area (Å²) in [6.07, 6.45) is 2.26. The molecule has 0 radical (unpaired) electrons. The average molecular weight is 565 g/mol. The first kappa shape index (κ1) is 30.2. The normalized spacial score (nSPS) is 9.22. The molecule has 0 aliphatic rings. The quantitative estimate of drug-likeness (QED) is 0.212. The van der Waals surface area contributed by atoms with Crippen molar-refractivity contribution in [1.29, 1.82) is 0 Å². The van der Waals surface area contributed by atoms with Gasteiger partial charge in [0.2, 0.25) is 0 Å². The molecule has 0 N–H and O–H groups in total. The van der Waals surface area contributed by atoms with E-state index in [-0.39, 0.29) is 29.7 Å². The van der Waals surface area contributed by atoms with E-state index in [2.05, 4.69) is 27.7 Å². The van der Waals surface area contributed by atoms with Gasteiger partial charge in [-0.1, -0.05) is 0 Å². The molecule has 0 saturated heterocycles. The van der Waals surface area contributed by atoms with Crippen LogP contribution in [0.15, 0.2) is 0 Å². The summed E-state index contributed by atoms with van der Waals surface area (Å²) in [7, 11) is 17.0. The molecule has 0 heterocycles. The molecule has 3 atom stereocenters. The monoisotopic (exact) mass is 562 g/mol. The number of alkyl halides is 6. The molecule has 0 aromatic heterocycles. The third kappa shape index (κ3) is 71.5. The van der Waals surface area contributed by atoms with Crippen LogP contribution in [0.2, 0.25) is 0 Å². The summed E-state index contributed by atoms with van der Waals surface area (Å²) in [5.74, 6) is 0. The Labute approximate surface area is 163 Å². The maximum absolute atomic E-state index is 5.21.